The number of aromatic nitrogens is 2. The van der Waals surface area contributed by atoms with Crippen molar-refractivity contribution in [3.63, 3.8) is 0 Å². The molecule has 0 amide bonds. The lowest BCUT2D eigenvalue weighted by Crippen LogP contribution is -2.29. The molecule has 0 spiro atoms. The van der Waals surface area contributed by atoms with Gasteiger partial charge in [-0.1, -0.05) is 13.8 Å². The number of rotatable bonds is 4. The minimum atomic E-state index is -0.0412. The van der Waals surface area contributed by atoms with Gasteiger partial charge >= 0.3 is 5.69 Å². The van der Waals surface area contributed by atoms with Gasteiger partial charge in [-0.25, -0.2) is 4.79 Å². The third-order valence-corrected chi connectivity index (χ3v) is 1.63. The first-order valence-corrected chi connectivity index (χ1v) is 4.17. The quantitative estimate of drug-likeness (QED) is 0.675. The Morgan fingerprint density at radius 1 is 1.67 bits per heavy atom. The van der Waals surface area contributed by atoms with E-state index in [4.69, 9.17) is 0 Å². The van der Waals surface area contributed by atoms with E-state index in [0.717, 1.165) is 13.1 Å². The van der Waals surface area contributed by atoms with Crippen molar-refractivity contribution in [2.45, 2.75) is 26.4 Å². The second-order valence-electron chi connectivity index (χ2n) is 3.07. The molecule has 0 saturated carbocycles. The first-order chi connectivity index (χ1) is 5.70. The van der Waals surface area contributed by atoms with E-state index in [9.17, 15) is 4.79 Å². The third-order valence-electron chi connectivity index (χ3n) is 1.63. The number of hydrogen-bond acceptors (Lipinski definition) is 2. The number of hydrogen-bond donors (Lipinski definition) is 2. The molecule has 4 nitrogen and oxygen atoms in total. The number of imidazole rings is 1. The van der Waals surface area contributed by atoms with Crippen LogP contribution in [-0.4, -0.2) is 22.1 Å². The molecule has 0 radical (unpaired) electrons. The second-order valence-corrected chi connectivity index (χ2v) is 3.07. The fourth-order valence-corrected chi connectivity index (χ4v) is 0.999. The van der Waals surface area contributed by atoms with Gasteiger partial charge in [0.15, 0.2) is 0 Å². The predicted octanol–water partition coefficient (Wildman–Crippen LogP) is 0.174. The Labute approximate surface area is 71.6 Å². The Morgan fingerprint density at radius 2 is 2.42 bits per heavy atom. The highest BCUT2D eigenvalue weighted by molar-refractivity contribution is 4.75. The van der Waals surface area contributed by atoms with Gasteiger partial charge in [-0.3, -0.25) is 4.57 Å². The van der Waals surface area contributed by atoms with Gasteiger partial charge in [0.2, 0.25) is 0 Å². The predicted molar refractivity (Wildman–Crippen MR) is 48.2 cm³/mol. The van der Waals surface area contributed by atoms with Gasteiger partial charge in [-0.15, -0.1) is 0 Å². The molecule has 0 atom stereocenters. The van der Waals surface area contributed by atoms with Crippen LogP contribution < -0.4 is 11.0 Å². The Kier molecular flexibility index (Phi) is 3.10. The fraction of sp³-hybridized carbons (Fsp3) is 0.625. The van der Waals surface area contributed by atoms with E-state index in [1.165, 1.54) is 0 Å². The zero-order chi connectivity index (χ0) is 8.97. The van der Waals surface area contributed by atoms with Crippen LogP contribution in [0.15, 0.2) is 17.2 Å². The van der Waals surface area contributed by atoms with Crippen LogP contribution in [0.25, 0.3) is 0 Å². The topological polar surface area (TPSA) is 49.8 Å². The molecule has 0 aromatic carbocycles. The summed E-state index contributed by atoms with van der Waals surface area (Å²) in [5, 5.41) is 3.24. The number of aromatic amines is 1. The number of nitrogens with zero attached hydrogens (tertiary/aromatic N) is 1. The molecule has 0 unspecified atom stereocenters. The van der Waals surface area contributed by atoms with Crippen molar-refractivity contribution in [2.24, 2.45) is 0 Å². The summed E-state index contributed by atoms with van der Waals surface area (Å²) in [5.41, 5.74) is -0.0412. The molecule has 2 N–H and O–H groups in total. The van der Waals surface area contributed by atoms with Gasteiger partial charge in [0.1, 0.15) is 0 Å². The lowest BCUT2D eigenvalue weighted by Gasteiger charge is -2.07. The third kappa shape index (κ3) is 2.54. The molecule has 1 heterocycles. The molecule has 4 heteroatoms. The van der Waals surface area contributed by atoms with E-state index < -0.39 is 0 Å². The summed E-state index contributed by atoms with van der Waals surface area (Å²) in [7, 11) is 0. The lowest BCUT2D eigenvalue weighted by atomic mass is 10.4. The van der Waals surface area contributed by atoms with Crippen molar-refractivity contribution in [3.05, 3.63) is 22.9 Å². The molecule has 0 saturated heterocycles. The fourth-order valence-electron chi connectivity index (χ4n) is 0.999. The average Bonchev–Trinajstić information content (AvgIpc) is 2.36. The molecular weight excluding hydrogens is 154 g/mol. The molecular formula is C8H15N3O. The van der Waals surface area contributed by atoms with Crippen LogP contribution in [0.4, 0.5) is 0 Å². The van der Waals surface area contributed by atoms with Crippen molar-refractivity contribution < 1.29 is 0 Å². The lowest BCUT2D eigenvalue weighted by molar-refractivity contribution is 0.535. The first kappa shape index (κ1) is 9.06. The van der Waals surface area contributed by atoms with E-state index >= 15 is 0 Å². The number of nitrogens with one attached hydrogen (secondary N) is 2. The van der Waals surface area contributed by atoms with Crippen LogP contribution in [0.1, 0.15) is 13.8 Å². The molecule has 0 aliphatic rings. The van der Waals surface area contributed by atoms with E-state index in [-0.39, 0.29) is 5.69 Å². The Hall–Kier alpha value is -1.03. The maximum absolute atomic E-state index is 11.0. The van der Waals surface area contributed by atoms with Gasteiger partial charge in [0.25, 0.3) is 0 Å². The smallest absolute Gasteiger partial charge is 0.313 e. The van der Waals surface area contributed by atoms with Crippen molar-refractivity contribution in [3.8, 4) is 0 Å². The highest BCUT2D eigenvalue weighted by Crippen LogP contribution is 1.79. The summed E-state index contributed by atoms with van der Waals surface area (Å²) >= 11 is 0. The summed E-state index contributed by atoms with van der Waals surface area (Å²) in [6.45, 7) is 5.72. The SMILES string of the molecule is CC(C)NCCn1cc[nH]c1=O. The van der Waals surface area contributed by atoms with E-state index in [2.05, 4.69) is 24.1 Å². The summed E-state index contributed by atoms with van der Waals surface area (Å²) < 4.78 is 1.65. The standard InChI is InChI=1S/C8H15N3O/c1-7(2)9-3-5-11-6-4-10-8(11)12/h4,6-7,9H,3,5H2,1-2H3,(H,10,12). The number of H-pyrrole nitrogens is 1. The molecule has 1 rings (SSSR count). The van der Waals surface area contributed by atoms with E-state index in [0.29, 0.717) is 6.04 Å². The largest absolute Gasteiger partial charge is 0.325 e. The normalized spacial score (nSPS) is 10.9. The monoisotopic (exact) mass is 169 g/mol. The molecule has 12 heavy (non-hydrogen) atoms. The van der Waals surface area contributed by atoms with Gasteiger partial charge in [-0.2, -0.15) is 0 Å². The minimum Gasteiger partial charge on any atom is -0.313 e. The van der Waals surface area contributed by atoms with Crippen molar-refractivity contribution in [1.29, 1.82) is 0 Å². The van der Waals surface area contributed by atoms with Crippen molar-refractivity contribution in [1.82, 2.24) is 14.9 Å². The van der Waals surface area contributed by atoms with Gasteiger partial charge < -0.3 is 10.3 Å². The van der Waals surface area contributed by atoms with Crippen LogP contribution in [-0.2, 0) is 6.54 Å². The summed E-state index contributed by atoms with van der Waals surface area (Å²) in [4.78, 5) is 13.6. The summed E-state index contributed by atoms with van der Waals surface area (Å²) in [6, 6.07) is 0.472. The Balaban J connectivity index is 2.34. The molecule has 1 aromatic rings. The molecule has 68 valence electrons. The van der Waals surface area contributed by atoms with Crippen LogP contribution in [0.3, 0.4) is 0 Å². The highest BCUT2D eigenvalue weighted by atomic mass is 16.1. The maximum Gasteiger partial charge on any atom is 0.325 e. The zero-order valence-electron chi connectivity index (χ0n) is 7.50. The van der Waals surface area contributed by atoms with E-state index in [1.807, 2.05) is 0 Å². The Bertz CT molecular complexity index is 274. The van der Waals surface area contributed by atoms with Crippen LogP contribution >= 0.6 is 0 Å². The maximum atomic E-state index is 11.0. The molecule has 0 fully saturated rings. The summed E-state index contributed by atoms with van der Waals surface area (Å²) in [5.74, 6) is 0. The average molecular weight is 169 g/mol. The molecule has 0 aliphatic carbocycles. The van der Waals surface area contributed by atoms with E-state index in [1.54, 1.807) is 17.0 Å². The second kappa shape index (κ2) is 4.11. The van der Waals surface area contributed by atoms with Gasteiger partial charge in [0.05, 0.1) is 0 Å². The highest BCUT2D eigenvalue weighted by Gasteiger charge is 1.95. The molecule has 1 aromatic heterocycles. The summed E-state index contributed by atoms with van der Waals surface area (Å²) in [6.07, 6.45) is 3.40. The Morgan fingerprint density at radius 3 is 2.92 bits per heavy atom. The van der Waals surface area contributed by atoms with Gasteiger partial charge in [-0.05, 0) is 0 Å². The van der Waals surface area contributed by atoms with Crippen LogP contribution in [0, 0.1) is 0 Å². The van der Waals surface area contributed by atoms with Crippen molar-refractivity contribution >= 4 is 0 Å². The first-order valence-electron chi connectivity index (χ1n) is 4.17. The van der Waals surface area contributed by atoms with Crippen LogP contribution in [0.2, 0.25) is 0 Å². The minimum absolute atomic E-state index is 0.0412. The zero-order valence-corrected chi connectivity index (χ0v) is 7.50. The molecule has 0 aliphatic heterocycles. The molecule has 0 bridgehead atoms. The van der Waals surface area contributed by atoms with Gasteiger partial charge in [0, 0.05) is 31.5 Å². The van der Waals surface area contributed by atoms with Crippen molar-refractivity contribution in [2.75, 3.05) is 6.54 Å². The van der Waals surface area contributed by atoms with Crippen LogP contribution in [0.5, 0.6) is 0 Å².